The highest BCUT2D eigenvalue weighted by atomic mass is 32.2. The number of benzene rings is 1. The van der Waals surface area contributed by atoms with Crippen LogP contribution in [0, 0.1) is 5.92 Å². The first-order valence-electron chi connectivity index (χ1n) is 12.0. The van der Waals surface area contributed by atoms with Crippen LogP contribution in [0.25, 0.3) is 0 Å². The minimum absolute atomic E-state index is 0.109. The van der Waals surface area contributed by atoms with Gasteiger partial charge in [0.1, 0.15) is 11.6 Å². The summed E-state index contributed by atoms with van der Waals surface area (Å²) in [6, 6.07) is 15.1. The zero-order valence-corrected chi connectivity index (χ0v) is 22.0. The maximum absolute atomic E-state index is 13.2. The molecule has 3 heterocycles. The Bertz CT molecular complexity index is 1350. The monoisotopic (exact) mass is 508 g/mol. The number of pyridine rings is 2. The number of anilines is 1. The third-order valence-corrected chi connectivity index (χ3v) is 7.56. The molecule has 0 aliphatic carbocycles. The van der Waals surface area contributed by atoms with Gasteiger partial charge in [0.25, 0.3) is 15.9 Å². The molecular formula is C27H32N4O4S. The molecule has 1 saturated heterocycles. The van der Waals surface area contributed by atoms with Gasteiger partial charge in [0.2, 0.25) is 5.88 Å². The molecule has 36 heavy (non-hydrogen) atoms. The van der Waals surface area contributed by atoms with Crippen molar-refractivity contribution >= 4 is 21.7 Å². The summed E-state index contributed by atoms with van der Waals surface area (Å²) in [5.41, 5.74) is 1.15. The van der Waals surface area contributed by atoms with E-state index in [9.17, 15) is 13.2 Å². The summed E-state index contributed by atoms with van der Waals surface area (Å²) in [5.74, 6) is 1.16. The van der Waals surface area contributed by atoms with Crippen molar-refractivity contribution in [2.45, 2.75) is 57.5 Å². The fourth-order valence-corrected chi connectivity index (χ4v) is 5.55. The number of aromatic nitrogens is 2. The standard InChI is InChI=1S/C27H32N4O4S/c1-18(2)20-11-13-21(14-12-20)35-23-9-6-10-24(29-23)36(33,34)30-26(32)22-8-7-15-28-25(22)31-17-19(3)16-27(31,4)5/h6-15,18-19H,16-17H2,1-5H3,(H,30,32). The van der Waals surface area contributed by atoms with E-state index in [4.69, 9.17) is 4.74 Å². The van der Waals surface area contributed by atoms with Crippen molar-refractivity contribution in [3.05, 3.63) is 71.9 Å². The Morgan fingerprint density at radius 1 is 1.11 bits per heavy atom. The molecule has 1 unspecified atom stereocenters. The van der Waals surface area contributed by atoms with E-state index in [1.807, 2.05) is 24.3 Å². The van der Waals surface area contributed by atoms with Gasteiger partial charge in [-0.2, -0.15) is 13.4 Å². The summed E-state index contributed by atoms with van der Waals surface area (Å²) in [6.45, 7) is 11.3. The number of carbonyl (C=O) groups is 1. The minimum Gasteiger partial charge on any atom is -0.439 e. The summed E-state index contributed by atoms with van der Waals surface area (Å²) < 4.78 is 34.0. The molecule has 0 spiro atoms. The van der Waals surface area contributed by atoms with Gasteiger partial charge in [-0.15, -0.1) is 0 Å². The van der Waals surface area contributed by atoms with E-state index in [1.54, 1.807) is 24.4 Å². The molecule has 2 aromatic heterocycles. The maximum atomic E-state index is 13.2. The number of hydrogen-bond donors (Lipinski definition) is 1. The second-order valence-corrected chi connectivity index (χ2v) is 11.8. The van der Waals surface area contributed by atoms with Gasteiger partial charge in [-0.1, -0.05) is 39.0 Å². The number of nitrogens with zero attached hydrogens (tertiary/aromatic N) is 3. The van der Waals surface area contributed by atoms with Crippen LogP contribution < -0.4 is 14.4 Å². The van der Waals surface area contributed by atoms with Gasteiger partial charge >= 0.3 is 0 Å². The first-order chi connectivity index (χ1) is 17.0. The van der Waals surface area contributed by atoms with E-state index in [1.165, 1.54) is 12.1 Å². The van der Waals surface area contributed by atoms with E-state index >= 15 is 0 Å². The lowest BCUT2D eigenvalue weighted by Gasteiger charge is -2.33. The Morgan fingerprint density at radius 3 is 2.47 bits per heavy atom. The predicted octanol–water partition coefficient (Wildman–Crippen LogP) is 5.14. The lowest BCUT2D eigenvalue weighted by molar-refractivity contribution is 0.0981. The molecule has 1 fully saturated rings. The van der Waals surface area contributed by atoms with Crippen LogP contribution in [0.5, 0.6) is 11.6 Å². The molecule has 190 valence electrons. The largest absolute Gasteiger partial charge is 0.439 e. The average molecular weight is 509 g/mol. The van der Waals surface area contributed by atoms with Crippen LogP contribution in [0.1, 0.15) is 62.9 Å². The molecule has 4 rings (SSSR count). The van der Waals surface area contributed by atoms with Crippen LogP contribution >= 0.6 is 0 Å². The Morgan fingerprint density at radius 2 is 1.83 bits per heavy atom. The lowest BCUT2D eigenvalue weighted by atomic mass is 9.97. The highest BCUT2D eigenvalue weighted by Crippen LogP contribution is 2.37. The molecule has 1 atom stereocenters. The van der Waals surface area contributed by atoms with Crippen molar-refractivity contribution in [3.8, 4) is 11.6 Å². The maximum Gasteiger partial charge on any atom is 0.281 e. The molecule has 1 N–H and O–H groups in total. The first kappa shape index (κ1) is 25.6. The van der Waals surface area contributed by atoms with E-state index in [0.717, 1.165) is 18.5 Å². The summed E-state index contributed by atoms with van der Waals surface area (Å²) in [4.78, 5) is 23.8. The number of hydrogen-bond acceptors (Lipinski definition) is 7. The molecule has 8 nitrogen and oxygen atoms in total. The van der Waals surface area contributed by atoms with Crippen molar-refractivity contribution in [3.63, 3.8) is 0 Å². The smallest absolute Gasteiger partial charge is 0.281 e. The molecule has 0 bridgehead atoms. The van der Waals surface area contributed by atoms with E-state index in [0.29, 0.717) is 23.4 Å². The summed E-state index contributed by atoms with van der Waals surface area (Å²) in [6.07, 6.45) is 2.55. The van der Waals surface area contributed by atoms with Gasteiger partial charge in [-0.05, 0) is 68.0 Å². The number of carbonyl (C=O) groups excluding carboxylic acids is 1. The van der Waals surface area contributed by atoms with Crippen molar-refractivity contribution in [2.75, 3.05) is 11.4 Å². The fourth-order valence-electron chi connectivity index (χ4n) is 4.62. The normalized spacial score (nSPS) is 17.3. The van der Waals surface area contributed by atoms with E-state index in [2.05, 4.69) is 54.2 Å². The van der Waals surface area contributed by atoms with E-state index < -0.39 is 15.9 Å². The third-order valence-electron chi connectivity index (χ3n) is 6.33. The molecule has 9 heteroatoms. The van der Waals surface area contributed by atoms with Gasteiger partial charge in [0, 0.05) is 24.3 Å². The zero-order chi connectivity index (χ0) is 26.1. The highest BCUT2D eigenvalue weighted by molar-refractivity contribution is 7.90. The van der Waals surface area contributed by atoms with Crippen LogP contribution in [-0.4, -0.2) is 36.4 Å². The number of ether oxygens (including phenoxy) is 1. The quantitative estimate of drug-likeness (QED) is 0.472. The van der Waals surface area contributed by atoms with Crippen molar-refractivity contribution in [2.24, 2.45) is 5.92 Å². The molecule has 1 aliphatic rings. The Hall–Kier alpha value is -3.46. The number of nitrogens with one attached hydrogen (secondary N) is 1. The van der Waals surface area contributed by atoms with Crippen molar-refractivity contribution in [1.29, 1.82) is 0 Å². The second-order valence-electron chi connectivity index (χ2n) is 10.2. The third kappa shape index (κ3) is 5.51. The fraction of sp³-hybridized carbons (Fsp3) is 0.370. The molecule has 1 aromatic carbocycles. The van der Waals surface area contributed by atoms with Crippen LogP contribution in [0.4, 0.5) is 5.82 Å². The highest BCUT2D eigenvalue weighted by Gasteiger charge is 2.39. The number of amides is 1. The van der Waals surface area contributed by atoms with Gasteiger partial charge in [-0.3, -0.25) is 4.79 Å². The Labute approximate surface area is 212 Å². The van der Waals surface area contributed by atoms with Crippen molar-refractivity contribution < 1.29 is 17.9 Å². The first-order valence-corrected chi connectivity index (χ1v) is 13.5. The number of rotatable bonds is 7. The van der Waals surface area contributed by atoms with Crippen molar-refractivity contribution in [1.82, 2.24) is 14.7 Å². The summed E-state index contributed by atoms with van der Waals surface area (Å²) in [7, 11) is -4.26. The Kier molecular flexibility index (Phi) is 7.04. The molecule has 0 radical (unpaired) electrons. The average Bonchev–Trinajstić information content (AvgIpc) is 3.11. The van der Waals surface area contributed by atoms with Gasteiger partial charge in [0.15, 0.2) is 5.03 Å². The van der Waals surface area contributed by atoms with Crippen LogP contribution in [-0.2, 0) is 10.0 Å². The van der Waals surface area contributed by atoms with E-state index in [-0.39, 0.29) is 22.0 Å². The lowest BCUT2D eigenvalue weighted by Crippen LogP contribution is -2.41. The predicted molar refractivity (Wildman–Crippen MR) is 139 cm³/mol. The number of sulfonamides is 1. The van der Waals surface area contributed by atoms with Crippen LogP contribution in [0.15, 0.2) is 65.8 Å². The molecular weight excluding hydrogens is 476 g/mol. The van der Waals surface area contributed by atoms with Crippen LogP contribution in [0.2, 0.25) is 0 Å². The topological polar surface area (TPSA) is 101 Å². The summed E-state index contributed by atoms with van der Waals surface area (Å²) in [5, 5.41) is -0.312. The summed E-state index contributed by atoms with van der Waals surface area (Å²) >= 11 is 0. The Balaban J connectivity index is 1.54. The van der Waals surface area contributed by atoms with Gasteiger partial charge in [-0.25, -0.2) is 9.71 Å². The van der Waals surface area contributed by atoms with Crippen LogP contribution in [0.3, 0.4) is 0 Å². The van der Waals surface area contributed by atoms with Gasteiger partial charge in [0.05, 0.1) is 5.56 Å². The second kappa shape index (κ2) is 9.89. The molecule has 0 saturated carbocycles. The molecule has 1 aliphatic heterocycles. The van der Waals surface area contributed by atoms with Gasteiger partial charge < -0.3 is 9.64 Å². The minimum atomic E-state index is -4.26. The molecule has 1 amide bonds. The molecule has 3 aromatic rings. The zero-order valence-electron chi connectivity index (χ0n) is 21.2. The SMILES string of the molecule is CC1CN(c2ncccc2C(=O)NS(=O)(=O)c2cccc(Oc3ccc(C(C)C)cc3)n2)C(C)(C)C1.